The largest absolute Gasteiger partial charge is 0.383 e. The van der Waals surface area contributed by atoms with Crippen LogP contribution in [-0.2, 0) is 20.9 Å². The summed E-state index contributed by atoms with van der Waals surface area (Å²) in [6.07, 6.45) is 1.94. The summed E-state index contributed by atoms with van der Waals surface area (Å²) in [6.45, 7) is 7.26. The van der Waals surface area contributed by atoms with Gasteiger partial charge in [0.1, 0.15) is 0 Å². The van der Waals surface area contributed by atoms with Crippen LogP contribution in [0.1, 0.15) is 39.2 Å². The van der Waals surface area contributed by atoms with Crippen molar-refractivity contribution in [2.75, 3.05) is 44.6 Å². The number of hydrogen-bond donors (Lipinski definition) is 1. The van der Waals surface area contributed by atoms with Gasteiger partial charge < -0.3 is 19.9 Å². The minimum Gasteiger partial charge on any atom is -0.383 e. The van der Waals surface area contributed by atoms with Crippen molar-refractivity contribution >= 4 is 23.2 Å². The molecule has 0 unspecified atom stereocenters. The van der Waals surface area contributed by atoms with Gasteiger partial charge in [0, 0.05) is 57.0 Å². The molecule has 1 aliphatic rings. The second-order valence-corrected chi connectivity index (χ2v) is 8.47. The molecule has 0 spiro atoms. The third kappa shape index (κ3) is 5.96. The Labute approximate surface area is 162 Å². The average molecular weight is 376 g/mol. The first-order chi connectivity index (χ1) is 12.6. The highest BCUT2D eigenvalue weighted by Gasteiger charge is 2.30. The van der Waals surface area contributed by atoms with Crippen LogP contribution >= 0.6 is 0 Å². The number of anilines is 2. The van der Waals surface area contributed by atoms with Gasteiger partial charge >= 0.3 is 0 Å². The van der Waals surface area contributed by atoms with Gasteiger partial charge in [-0.2, -0.15) is 0 Å². The zero-order valence-electron chi connectivity index (χ0n) is 17.5. The van der Waals surface area contributed by atoms with Crippen molar-refractivity contribution in [3.05, 3.63) is 23.8 Å². The van der Waals surface area contributed by atoms with Crippen molar-refractivity contribution in [3.63, 3.8) is 0 Å². The Morgan fingerprint density at radius 2 is 1.89 bits per heavy atom. The lowest BCUT2D eigenvalue weighted by Crippen LogP contribution is -2.41. The Balaban J connectivity index is 2.27. The van der Waals surface area contributed by atoms with E-state index in [0.717, 1.165) is 29.8 Å². The molecular weight excluding hydrogens is 342 g/mol. The van der Waals surface area contributed by atoms with Crippen LogP contribution in [0.2, 0.25) is 0 Å². The van der Waals surface area contributed by atoms with Gasteiger partial charge in [-0.3, -0.25) is 9.59 Å². The van der Waals surface area contributed by atoms with E-state index in [1.165, 1.54) is 0 Å². The van der Waals surface area contributed by atoms with Crippen LogP contribution in [0, 0.1) is 11.3 Å². The zero-order valence-corrected chi connectivity index (χ0v) is 17.5. The van der Waals surface area contributed by atoms with E-state index in [1.807, 2.05) is 62.9 Å². The van der Waals surface area contributed by atoms with E-state index in [2.05, 4.69) is 5.32 Å². The maximum atomic E-state index is 12.9. The van der Waals surface area contributed by atoms with E-state index >= 15 is 0 Å². The summed E-state index contributed by atoms with van der Waals surface area (Å²) in [5, 5.41) is 3.00. The van der Waals surface area contributed by atoms with Gasteiger partial charge in [-0.15, -0.1) is 0 Å². The molecule has 0 atom stereocenters. The molecule has 1 aromatic rings. The van der Waals surface area contributed by atoms with Crippen molar-refractivity contribution in [2.24, 2.45) is 11.3 Å². The lowest BCUT2D eigenvalue weighted by molar-refractivity contribution is -0.140. The van der Waals surface area contributed by atoms with Gasteiger partial charge in [0.2, 0.25) is 11.8 Å². The Morgan fingerprint density at radius 1 is 1.22 bits per heavy atom. The van der Waals surface area contributed by atoms with Crippen molar-refractivity contribution < 1.29 is 14.3 Å². The molecule has 6 nitrogen and oxygen atoms in total. The van der Waals surface area contributed by atoms with E-state index in [-0.39, 0.29) is 17.7 Å². The Bertz CT molecular complexity index is 676. The SMILES string of the molecule is COCCN(Cc1cc(NC(=O)C2CC2)ccc1N(C)C)C(=O)C(C)(C)C. The zero-order chi connectivity index (χ0) is 20.2. The Hall–Kier alpha value is -2.08. The average Bonchev–Trinajstić information content (AvgIpc) is 3.42. The van der Waals surface area contributed by atoms with E-state index in [1.54, 1.807) is 7.11 Å². The standard InChI is InChI=1S/C21H33N3O3/c1-21(2,3)20(26)24(11-12-27-6)14-16-13-17(9-10-18(16)23(4)5)22-19(25)15-7-8-15/h9-10,13,15H,7-8,11-12,14H2,1-6H3,(H,22,25). The minimum atomic E-state index is -0.468. The molecule has 150 valence electrons. The summed E-state index contributed by atoms with van der Waals surface area (Å²) in [7, 11) is 5.59. The van der Waals surface area contributed by atoms with Crippen molar-refractivity contribution in [3.8, 4) is 0 Å². The predicted molar refractivity (Wildman–Crippen MR) is 109 cm³/mol. The molecule has 1 fully saturated rings. The highest BCUT2D eigenvalue weighted by molar-refractivity contribution is 5.94. The second-order valence-electron chi connectivity index (χ2n) is 8.47. The summed E-state index contributed by atoms with van der Waals surface area (Å²) < 4.78 is 5.20. The van der Waals surface area contributed by atoms with E-state index in [9.17, 15) is 9.59 Å². The highest BCUT2D eigenvalue weighted by Crippen LogP contribution is 2.31. The van der Waals surface area contributed by atoms with Gasteiger partial charge in [0.05, 0.1) is 6.61 Å². The molecule has 0 aromatic heterocycles. The Morgan fingerprint density at radius 3 is 2.41 bits per heavy atom. The van der Waals surface area contributed by atoms with Crippen molar-refractivity contribution in [1.82, 2.24) is 4.90 Å². The van der Waals surface area contributed by atoms with Crippen LogP contribution < -0.4 is 10.2 Å². The summed E-state index contributed by atoms with van der Waals surface area (Å²) in [6, 6.07) is 5.89. The van der Waals surface area contributed by atoms with Crippen molar-refractivity contribution in [2.45, 2.75) is 40.2 Å². The number of nitrogens with zero attached hydrogens (tertiary/aromatic N) is 2. The lowest BCUT2D eigenvalue weighted by atomic mass is 9.94. The number of carbonyl (C=O) groups is 2. The molecule has 0 saturated heterocycles. The fraction of sp³-hybridized carbons (Fsp3) is 0.619. The first-order valence-corrected chi connectivity index (χ1v) is 9.53. The van der Waals surface area contributed by atoms with Gasteiger partial charge in [-0.1, -0.05) is 20.8 Å². The first kappa shape index (κ1) is 21.2. The second kappa shape index (κ2) is 8.74. The minimum absolute atomic E-state index is 0.0803. The molecule has 27 heavy (non-hydrogen) atoms. The summed E-state index contributed by atoms with van der Waals surface area (Å²) in [4.78, 5) is 28.9. The molecule has 1 saturated carbocycles. The molecule has 1 aliphatic carbocycles. The van der Waals surface area contributed by atoms with Crippen LogP contribution in [-0.4, -0.2) is 51.1 Å². The number of carbonyl (C=O) groups excluding carboxylic acids is 2. The first-order valence-electron chi connectivity index (χ1n) is 9.53. The molecule has 0 heterocycles. The molecule has 0 bridgehead atoms. The molecular formula is C21H33N3O3. The van der Waals surface area contributed by atoms with Gasteiger partial charge in [-0.05, 0) is 36.6 Å². The molecule has 1 N–H and O–H groups in total. The normalized spacial score (nSPS) is 14.0. The number of nitrogens with one attached hydrogen (secondary N) is 1. The highest BCUT2D eigenvalue weighted by atomic mass is 16.5. The maximum Gasteiger partial charge on any atom is 0.228 e. The smallest absolute Gasteiger partial charge is 0.228 e. The van der Waals surface area contributed by atoms with Crippen molar-refractivity contribution in [1.29, 1.82) is 0 Å². The maximum absolute atomic E-state index is 12.9. The fourth-order valence-electron chi connectivity index (χ4n) is 2.95. The van der Waals surface area contributed by atoms with Crippen LogP contribution in [0.5, 0.6) is 0 Å². The van der Waals surface area contributed by atoms with E-state index in [0.29, 0.717) is 19.7 Å². The van der Waals surface area contributed by atoms with Gasteiger partial charge in [0.15, 0.2) is 0 Å². The molecule has 2 rings (SSSR count). The quantitative estimate of drug-likeness (QED) is 0.758. The number of methoxy groups -OCH3 is 1. The van der Waals surface area contributed by atoms with Gasteiger partial charge in [-0.25, -0.2) is 0 Å². The third-order valence-electron chi connectivity index (χ3n) is 4.63. The monoisotopic (exact) mass is 375 g/mol. The molecule has 1 aromatic carbocycles. The molecule has 6 heteroatoms. The Kier molecular flexibility index (Phi) is 6.87. The number of benzene rings is 1. The molecule has 2 amide bonds. The van der Waals surface area contributed by atoms with Crippen LogP contribution in [0.15, 0.2) is 18.2 Å². The third-order valence-corrected chi connectivity index (χ3v) is 4.63. The summed E-state index contributed by atoms with van der Waals surface area (Å²) >= 11 is 0. The van der Waals surface area contributed by atoms with Crippen LogP contribution in [0.25, 0.3) is 0 Å². The predicted octanol–water partition coefficient (Wildman–Crippen LogP) is 3.12. The number of ether oxygens (including phenoxy) is 1. The summed E-state index contributed by atoms with van der Waals surface area (Å²) in [5.41, 5.74) is 2.34. The molecule has 0 aliphatic heterocycles. The number of hydrogen-bond acceptors (Lipinski definition) is 4. The summed E-state index contributed by atoms with van der Waals surface area (Å²) in [5.74, 6) is 0.319. The van der Waals surface area contributed by atoms with Gasteiger partial charge in [0.25, 0.3) is 0 Å². The van der Waals surface area contributed by atoms with E-state index < -0.39 is 5.41 Å². The van der Waals surface area contributed by atoms with E-state index in [4.69, 9.17) is 4.74 Å². The van der Waals surface area contributed by atoms with Crippen LogP contribution in [0.4, 0.5) is 11.4 Å². The number of amides is 2. The lowest BCUT2D eigenvalue weighted by Gasteiger charge is -2.31. The topological polar surface area (TPSA) is 61.9 Å². The number of rotatable bonds is 8. The fourth-order valence-corrected chi connectivity index (χ4v) is 2.95. The molecule has 0 radical (unpaired) electrons. The van der Waals surface area contributed by atoms with Crippen LogP contribution in [0.3, 0.4) is 0 Å².